The number of aliphatic carboxylic acids is 2. The van der Waals surface area contributed by atoms with Crippen molar-refractivity contribution in [1.29, 1.82) is 0 Å². The number of rotatable bonds is 10. The van der Waals surface area contributed by atoms with Gasteiger partial charge in [-0.25, -0.2) is 0 Å². The predicted octanol–water partition coefficient (Wildman–Crippen LogP) is 1.98. The van der Waals surface area contributed by atoms with Crippen LogP contribution in [-0.4, -0.2) is 46.2 Å². The van der Waals surface area contributed by atoms with Gasteiger partial charge >= 0.3 is 11.9 Å². The minimum Gasteiger partial charge on any atom is -0.481 e. The van der Waals surface area contributed by atoms with E-state index in [0.717, 1.165) is 18.4 Å². The van der Waals surface area contributed by atoms with Crippen molar-refractivity contribution in [3.8, 4) is 0 Å². The molecule has 104 valence electrons. The number of carboxylic acids is 2. The summed E-state index contributed by atoms with van der Waals surface area (Å²) in [5.74, 6) is -1.81. The molecule has 0 saturated carbocycles. The first kappa shape index (κ1) is 16.6. The minimum absolute atomic E-state index is 0.0524. The first-order valence-electron chi connectivity index (χ1n) is 6.21. The monoisotopic (exact) mass is 257 g/mol. The van der Waals surface area contributed by atoms with Crippen molar-refractivity contribution in [2.75, 3.05) is 13.1 Å². The Hall–Kier alpha value is -1.36. The Balaban J connectivity index is 4.67. The molecule has 0 saturated heterocycles. The van der Waals surface area contributed by atoms with E-state index >= 15 is 0 Å². The third kappa shape index (κ3) is 7.06. The summed E-state index contributed by atoms with van der Waals surface area (Å²) in [4.78, 5) is 23.5. The topological polar surface area (TPSA) is 77.8 Å². The molecule has 5 heteroatoms. The van der Waals surface area contributed by atoms with Crippen molar-refractivity contribution < 1.29 is 19.8 Å². The van der Waals surface area contributed by atoms with Gasteiger partial charge in [-0.2, -0.15) is 0 Å². The lowest BCUT2D eigenvalue weighted by Gasteiger charge is -2.28. The van der Waals surface area contributed by atoms with Crippen LogP contribution in [0.5, 0.6) is 0 Å². The fourth-order valence-electron chi connectivity index (χ4n) is 1.79. The van der Waals surface area contributed by atoms with E-state index in [-0.39, 0.29) is 13.0 Å². The van der Waals surface area contributed by atoms with E-state index in [1.165, 1.54) is 0 Å². The SMILES string of the molecule is C=C(C)CN(CCC(=O)O)C(CCCC)C(=O)O. The van der Waals surface area contributed by atoms with Crippen LogP contribution in [0.4, 0.5) is 0 Å². The normalized spacial score (nSPS) is 12.4. The second kappa shape index (κ2) is 8.69. The average Bonchev–Trinajstić information content (AvgIpc) is 2.24. The molecular weight excluding hydrogens is 234 g/mol. The molecule has 0 aliphatic carbocycles. The lowest BCUT2D eigenvalue weighted by molar-refractivity contribution is -0.145. The first-order chi connectivity index (χ1) is 8.38. The fraction of sp³-hybridized carbons (Fsp3) is 0.692. The van der Waals surface area contributed by atoms with Crippen molar-refractivity contribution >= 4 is 11.9 Å². The van der Waals surface area contributed by atoms with E-state index in [9.17, 15) is 14.7 Å². The van der Waals surface area contributed by atoms with Gasteiger partial charge in [0.05, 0.1) is 6.42 Å². The maximum absolute atomic E-state index is 11.3. The number of unbranched alkanes of at least 4 members (excludes halogenated alkanes) is 1. The number of hydrogen-bond donors (Lipinski definition) is 2. The van der Waals surface area contributed by atoms with Gasteiger partial charge in [-0.05, 0) is 13.3 Å². The average molecular weight is 257 g/mol. The molecule has 5 nitrogen and oxygen atoms in total. The van der Waals surface area contributed by atoms with E-state index in [0.29, 0.717) is 13.0 Å². The molecule has 0 rings (SSSR count). The van der Waals surface area contributed by atoms with Crippen molar-refractivity contribution in [2.24, 2.45) is 0 Å². The lowest BCUT2D eigenvalue weighted by Crippen LogP contribution is -2.43. The summed E-state index contributed by atoms with van der Waals surface area (Å²) in [6.45, 7) is 8.24. The zero-order valence-corrected chi connectivity index (χ0v) is 11.2. The third-order valence-electron chi connectivity index (χ3n) is 2.64. The number of carbonyl (C=O) groups is 2. The van der Waals surface area contributed by atoms with Crippen LogP contribution in [0.25, 0.3) is 0 Å². The molecule has 0 spiro atoms. The Bertz CT molecular complexity index is 301. The zero-order valence-electron chi connectivity index (χ0n) is 11.2. The fourth-order valence-corrected chi connectivity index (χ4v) is 1.79. The highest BCUT2D eigenvalue weighted by atomic mass is 16.4. The Kier molecular flexibility index (Phi) is 8.03. The van der Waals surface area contributed by atoms with Gasteiger partial charge in [0.1, 0.15) is 6.04 Å². The van der Waals surface area contributed by atoms with Crippen LogP contribution < -0.4 is 0 Å². The molecule has 0 aromatic heterocycles. The molecule has 1 atom stereocenters. The van der Waals surface area contributed by atoms with Gasteiger partial charge in [-0.3, -0.25) is 14.5 Å². The highest BCUT2D eigenvalue weighted by Gasteiger charge is 2.25. The van der Waals surface area contributed by atoms with Crippen LogP contribution >= 0.6 is 0 Å². The summed E-state index contributed by atoms with van der Waals surface area (Å²) in [6.07, 6.45) is 2.22. The summed E-state index contributed by atoms with van der Waals surface area (Å²) >= 11 is 0. The number of hydrogen-bond acceptors (Lipinski definition) is 3. The quantitative estimate of drug-likeness (QED) is 0.585. The van der Waals surface area contributed by atoms with Gasteiger partial charge in [0.25, 0.3) is 0 Å². The Labute approximate surface area is 108 Å². The van der Waals surface area contributed by atoms with E-state index < -0.39 is 18.0 Å². The lowest BCUT2D eigenvalue weighted by atomic mass is 10.1. The molecular formula is C13H23NO4. The number of nitrogens with zero attached hydrogens (tertiary/aromatic N) is 1. The summed E-state index contributed by atoms with van der Waals surface area (Å²) in [5, 5.41) is 17.9. The smallest absolute Gasteiger partial charge is 0.320 e. The largest absolute Gasteiger partial charge is 0.481 e. The maximum Gasteiger partial charge on any atom is 0.320 e. The molecule has 0 aromatic rings. The number of carboxylic acid groups (broad SMARTS) is 2. The molecule has 0 aliphatic rings. The molecule has 0 aliphatic heterocycles. The molecule has 0 fully saturated rings. The highest BCUT2D eigenvalue weighted by Crippen LogP contribution is 2.12. The van der Waals surface area contributed by atoms with Crippen LogP contribution in [-0.2, 0) is 9.59 Å². The van der Waals surface area contributed by atoms with Gasteiger partial charge in [-0.15, -0.1) is 0 Å². The minimum atomic E-state index is -0.915. The third-order valence-corrected chi connectivity index (χ3v) is 2.64. The van der Waals surface area contributed by atoms with Crippen molar-refractivity contribution in [2.45, 2.75) is 45.6 Å². The van der Waals surface area contributed by atoms with Crippen LogP contribution in [0.15, 0.2) is 12.2 Å². The Morgan fingerprint density at radius 2 is 1.94 bits per heavy atom. The van der Waals surface area contributed by atoms with Crippen molar-refractivity contribution in [3.05, 3.63) is 12.2 Å². The van der Waals surface area contributed by atoms with Crippen molar-refractivity contribution in [1.82, 2.24) is 4.90 Å². The first-order valence-corrected chi connectivity index (χ1v) is 6.21. The standard InChI is InChI=1S/C13H23NO4/c1-4-5-6-11(13(17)18)14(9-10(2)3)8-7-12(15)16/h11H,2,4-9H2,1,3H3,(H,15,16)(H,17,18). The van der Waals surface area contributed by atoms with Gasteiger partial charge < -0.3 is 10.2 Å². The maximum atomic E-state index is 11.3. The predicted molar refractivity (Wildman–Crippen MR) is 69.6 cm³/mol. The van der Waals surface area contributed by atoms with Crippen LogP contribution in [0.2, 0.25) is 0 Å². The van der Waals surface area contributed by atoms with Crippen LogP contribution in [0.3, 0.4) is 0 Å². The summed E-state index contributed by atoms with van der Waals surface area (Å²) in [5.41, 5.74) is 0.836. The van der Waals surface area contributed by atoms with E-state index in [2.05, 4.69) is 6.58 Å². The van der Waals surface area contributed by atoms with E-state index in [4.69, 9.17) is 5.11 Å². The van der Waals surface area contributed by atoms with Gasteiger partial charge in [0.2, 0.25) is 0 Å². The van der Waals surface area contributed by atoms with Crippen LogP contribution in [0.1, 0.15) is 39.5 Å². The molecule has 0 aromatic carbocycles. The van der Waals surface area contributed by atoms with E-state index in [1.54, 1.807) is 4.90 Å². The Morgan fingerprint density at radius 3 is 2.33 bits per heavy atom. The molecule has 1 unspecified atom stereocenters. The molecule has 0 bridgehead atoms. The van der Waals surface area contributed by atoms with Crippen molar-refractivity contribution in [3.63, 3.8) is 0 Å². The van der Waals surface area contributed by atoms with Crippen LogP contribution in [0, 0.1) is 0 Å². The zero-order chi connectivity index (χ0) is 14.1. The molecule has 2 N–H and O–H groups in total. The Morgan fingerprint density at radius 1 is 1.33 bits per heavy atom. The molecule has 0 heterocycles. The summed E-state index contributed by atoms with van der Waals surface area (Å²) in [7, 11) is 0. The highest BCUT2D eigenvalue weighted by molar-refractivity contribution is 5.73. The van der Waals surface area contributed by atoms with Gasteiger partial charge in [-0.1, -0.05) is 31.9 Å². The second-order valence-corrected chi connectivity index (χ2v) is 4.57. The molecule has 0 radical (unpaired) electrons. The van der Waals surface area contributed by atoms with Gasteiger partial charge in [0.15, 0.2) is 0 Å². The summed E-state index contributed by atoms with van der Waals surface area (Å²) in [6, 6.07) is -0.624. The second-order valence-electron chi connectivity index (χ2n) is 4.57. The summed E-state index contributed by atoms with van der Waals surface area (Å²) < 4.78 is 0. The molecule has 0 amide bonds. The molecule has 18 heavy (non-hydrogen) atoms. The van der Waals surface area contributed by atoms with E-state index in [1.807, 2.05) is 13.8 Å². The van der Waals surface area contributed by atoms with Gasteiger partial charge in [0, 0.05) is 13.1 Å².